The number of rotatable bonds is 10. The first-order chi connectivity index (χ1) is 12.9. The van der Waals surface area contributed by atoms with E-state index in [2.05, 4.69) is 48.5 Å². The van der Waals surface area contributed by atoms with Crippen LogP contribution in [-0.2, 0) is 15.0 Å². The van der Waals surface area contributed by atoms with Crippen molar-refractivity contribution in [3.8, 4) is 0 Å². The zero-order valence-electron chi connectivity index (χ0n) is 18.6. The van der Waals surface area contributed by atoms with Gasteiger partial charge in [0.25, 0.3) is 0 Å². The Morgan fingerprint density at radius 1 is 0.821 bits per heavy atom. The Hall–Kier alpha value is -1.84. The summed E-state index contributed by atoms with van der Waals surface area (Å²) in [4.78, 5) is 24.4. The molecule has 2 atom stereocenters. The van der Waals surface area contributed by atoms with Crippen LogP contribution in [0.4, 0.5) is 0 Å². The Morgan fingerprint density at radius 3 is 1.68 bits per heavy atom. The summed E-state index contributed by atoms with van der Waals surface area (Å²) in [6.45, 7) is 14.5. The van der Waals surface area contributed by atoms with E-state index in [1.54, 1.807) is 0 Å². The Kier molecular flexibility index (Phi) is 8.72. The molecule has 0 aromatic heterocycles. The molecule has 0 aliphatic carbocycles. The van der Waals surface area contributed by atoms with Gasteiger partial charge in [-0.1, -0.05) is 66.7 Å². The first-order valence-electron chi connectivity index (χ1n) is 10.4. The van der Waals surface area contributed by atoms with E-state index in [9.17, 15) is 19.8 Å². The second-order valence-electron chi connectivity index (χ2n) is 9.78. The van der Waals surface area contributed by atoms with Gasteiger partial charge in [-0.15, -0.1) is 0 Å². The average molecular weight is 391 g/mol. The van der Waals surface area contributed by atoms with Gasteiger partial charge in [0.15, 0.2) is 0 Å². The average Bonchev–Trinajstić information content (AvgIpc) is 2.53. The lowest BCUT2D eigenvalue weighted by molar-refractivity contribution is -0.140. The van der Waals surface area contributed by atoms with Crippen LogP contribution in [-0.4, -0.2) is 22.2 Å². The lowest BCUT2D eigenvalue weighted by Gasteiger charge is -2.30. The first-order valence-corrected chi connectivity index (χ1v) is 10.4. The van der Waals surface area contributed by atoms with Crippen molar-refractivity contribution in [2.45, 2.75) is 91.4 Å². The minimum Gasteiger partial charge on any atom is -0.481 e. The Bertz CT molecular complexity index is 668. The summed E-state index contributed by atoms with van der Waals surface area (Å²) in [5, 5.41) is 20.0. The minimum absolute atomic E-state index is 0.266. The molecule has 0 saturated heterocycles. The monoisotopic (exact) mass is 390 g/mol. The van der Waals surface area contributed by atoms with Crippen LogP contribution >= 0.6 is 0 Å². The highest BCUT2D eigenvalue weighted by Crippen LogP contribution is 2.40. The third-order valence-corrected chi connectivity index (χ3v) is 5.33. The molecule has 2 N–H and O–H groups in total. The van der Waals surface area contributed by atoms with Crippen molar-refractivity contribution in [1.29, 1.82) is 0 Å². The molecule has 0 radical (unpaired) electrons. The maximum atomic E-state index is 12.3. The summed E-state index contributed by atoms with van der Waals surface area (Å²) >= 11 is 0. The molecule has 2 unspecified atom stereocenters. The fourth-order valence-corrected chi connectivity index (χ4v) is 3.73. The summed E-state index contributed by atoms with van der Waals surface area (Å²) in [5.41, 5.74) is 2.07. The van der Waals surface area contributed by atoms with Crippen LogP contribution in [0.1, 0.15) is 103 Å². The highest BCUT2D eigenvalue weighted by Gasteiger charge is 2.33. The Morgan fingerprint density at radius 2 is 1.29 bits per heavy atom. The third kappa shape index (κ3) is 6.65. The van der Waals surface area contributed by atoms with Crippen molar-refractivity contribution >= 4 is 11.9 Å². The van der Waals surface area contributed by atoms with Crippen LogP contribution in [0.2, 0.25) is 0 Å². The van der Waals surface area contributed by atoms with Crippen molar-refractivity contribution in [3.05, 3.63) is 34.9 Å². The molecule has 4 nitrogen and oxygen atoms in total. The van der Waals surface area contributed by atoms with Gasteiger partial charge in [-0.3, -0.25) is 9.59 Å². The summed E-state index contributed by atoms with van der Waals surface area (Å²) < 4.78 is 0. The predicted octanol–water partition coefficient (Wildman–Crippen LogP) is 6.19. The van der Waals surface area contributed by atoms with E-state index in [4.69, 9.17) is 0 Å². The minimum atomic E-state index is -0.874. The first kappa shape index (κ1) is 24.2. The molecule has 28 heavy (non-hydrogen) atoms. The highest BCUT2D eigenvalue weighted by molar-refractivity contribution is 5.81. The quantitative estimate of drug-likeness (QED) is 0.499. The molecule has 0 aliphatic rings. The molecule has 0 spiro atoms. The van der Waals surface area contributed by atoms with E-state index in [1.807, 2.05) is 18.2 Å². The summed E-state index contributed by atoms with van der Waals surface area (Å²) in [6, 6.07) is 5.67. The van der Waals surface area contributed by atoms with Gasteiger partial charge in [0.05, 0.1) is 11.8 Å². The number of carboxylic acids is 2. The van der Waals surface area contributed by atoms with E-state index in [-0.39, 0.29) is 5.41 Å². The SMILES string of the molecule is CC(C)CCC(C(=O)O)c1cccc(C(C)(C)C)c1C(CCC(C)C)C(=O)O. The molecule has 4 heteroatoms. The summed E-state index contributed by atoms with van der Waals surface area (Å²) in [6.07, 6.45) is 2.62. The van der Waals surface area contributed by atoms with Crippen molar-refractivity contribution < 1.29 is 19.8 Å². The molecule has 0 bridgehead atoms. The van der Waals surface area contributed by atoms with Crippen LogP contribution in [0.5, 0.6) is 0 Å². The van der Waals surface area contributed by atoms with Crippen molar-refractivity contribution in [2.75, 3.05) is 0 Å². The van der Waals surface area contributed by atoms with Crippen LogP contribution < -0.4 is 0 Å². The lowest BCUT2D eigenvalue weighted by atomic mass is 9.73. The second kappa shape index (κ2) is 10.1. The second-order valence-corrected chi connectivity index (χ2v) is 9.78. The van der Waals surface area contributed by atoms with E-state index in [0.717, 1.165) is 24.0 Å². The lowest BCUT2D eigenvalue weighted by Crippen LogP contribution is -2.25. The zero-order chi connectivity index (χ0) is 21.6. The van der Waals surface area contributed by atoms with E-state index < -0.39 is 23.8 Å². The molecule has 0 heterocycles. The van der Waals surface area contributed by atoms with E-state index in [1.165, 1.54) is 0 Å². The van der Waals surface area contributed by atoms with Crippen molar-refractivity contribution in [1.82, 2.24) is 0 Å². The molecule has 0 aliphatic heterocycles. The molecular formula is C24H38O4. The summed E-state index contributed by atoms with van der Waals surface area (Å²) in [7, 11) is 0. The van der Waals surface area contributed by atoms with E-state index >= 15 is 0 Å². The topological polar surface area (TPSA) is 74.6 Å². The number of hydrogen-bond donors (Lipinski definition) is 2. The standard InChI is InChI=1S/C24H38O4/c1-15(2)11-13-18(22(25)26)17-9-8-10-20(24(5,6)7)21(17)19(23(27)28)14-12-16(3)4/h8-10,15-16,18-19H,11-14H2,1-7H3,(H,25,26)(H,27,28). The molecule has 0 saturated carbocycles. The number of carboxylic acid groups (broad SMARTS) is 2. The van der Waals surface area contributed by atoms with E-state index in [0.29, 0.717) is 30.2 Å². The third-order valence-electron chi connectivity index (χ3n) is 5.33. The molecule has 158 valence electrons. The van der Waals surface area contributed by atoms with Gasteiger partial charge in [0.1, 0.15) is 0 Å². The van der Waals surface area contributed by atoms with Gasteiger partial charge in [0, 0.05) is 0 Å². The maximum Gasteiger partial charge on any atom is 0.310 e. The highest BCUT2D eigenvalue weighted by atomic mass is 16.4. The smallest absolute Gasteiger partial charge is 0.310 e. The summed E-state index contributed by atoms with van der Waals surface area (Å²) in [5.74, 6) is -2.32. The molecule has 0 fully saturated rings. The number of hydrogen-bond acceptors (Lipinski definition) is 2. The fourth-order valence-electron chi connectivity index (χ4n) is 3.73. The molecule has 1 aromatic rings. The van der Waals surface area contributed by atoms with Gasteiger partial charge in [-0.25, -0.2) is 0 Å². The predicted molar refractivity (Wildman–Crippen MR) is 114 cm³/mol. The van der Waals surface area contributed by atoms with Gasteiger partial charge < -0.3 is 10.2 Å². The van der Waals surface area contributed by atoms with Gasteiger partial charge in [-0.2, -0.15) is 0 Å². The van der Waals surface area contributed by atoms with Crippen molar-refractivity contribution in [3.63, 3.8) is 0 Å². The van der Waals surface area contributed by atoms with Gasteiger partial charge in [-0.05, 0) is 59.6 Å². The normalized spacial score (nSPS) is 14.3. The molecule has 0 amide bonds. The molecular weight excluding hydrogens is 352 g/mol. The van der Waals surface area contributed by atoms with Gasteiger partial charge >= 0.3 is 11.9 Å². The number of aliphatic carboxylic acids is 2. The van der Waals surface area contributed by atoms with Crippen molar-refractivity contribution in [2.24, 2.45) is 11.8 Å². The Balaban J connectivity index is 3.62. The van der Waals surface area contributed by atoms with Crippen LogP contribution in [0, 0.1) is 11.8 Å². The maximum absolute atomic E-state index is 12.3. The number of carbonyl (C=O) groups is 2. The zero-order valence-corrected chi connectivity index (χ0v) is 18.6. The molecule has 1 rings (SSSR count). The van der Waals surface area contributed by atoms with Crippen LogP contribution in [0.15, 0.2) is 18.2 Å². The van der Waals surface area contributed by atoms with Gasteiger partial charge in [0.2, 0.25) is 0 Å². The largest absolute Gasteiger partial charge is 0.481 e. The fraction of sp³-hybridized carbons (Fsp3) is 0.667. The number of benzene rings is 1. The van der Waals surface area contributed by atoms with Crippen LogP contribution in [0.3, 0.4) is 0 Å². The Labute approximate surface area is 170 Å². The van der Waals surface area contributed by atoms with Crippen LogP contribution in [0.25, 0.3) is 0 Å². The molecule has 1 aromatic carbocycles.